The van der Waals surface area contributed by atoms with Crippen LogP contribution in [0.25, 0.3) is 0 Å². The topological polar surface area (TPSA) is 88.9 Å². The third kappa shape index (κ3) is 3.99. The fourth-order valence-corrected chi connectivity index (χ4v) is 1.55. The monoisotopic (exact) mass is 322 g/mol. The van der Waals surface area contributed by atoms with Gasteiger partial charge in [-0.1, -0.05) is 12.0 Å². The first-order chi connectivity index (χ1) is 10.9. The zero-order valence-corrected chi connectivity index (χ0v) is 11.9. The number of carbonyl (C=O) groups is 1. The van der Waals surface area contributed by atoms with E-state index in [2.05, 4.69) is 11.8 Å². The van der Waals surface area contributed by atoms with Gasteiger partial charge in [0.05, 0.1) is 0 Å². The summed E-state index contributed by atoms with van der Waals surface area (Å²) in [5, 5.41) is 9.50. The number of furan rings is 1. The van der Waals surface area contributed by atoms with Crippen LogP contribution in [0, 0.1) is 23.5 Å². The summed E-state index contributed by atoms with van der Waals surface area (Å²) in [6.45, 7) is 1.44. The van der Waals surface area contributed by atoms with Crippen molar-refractivity contribution in [2.75, 3.05) is 0 Å². The van der Waals surface area contributed by atoms with Crippen molar-refractivity contribution in [1.82, 2.24) is 5.06 Å². The standard InChI is InChI=1S/C15H12F2N2O4/c1-9(19(21)15(18)20)5-6-10-7-8-13(22-10)23-14-11(16)3-2-4-12(14)17/h2-4,7-9,21H,1H3,(H2,18,20). The molecule has 1 heterocycles. The van der Waals surface area contributed by atoms with Crippen LogP contribution in [0.4, 0.5) is 13.6 Å². The molecule has 2 rings (SSSR count). The van der Waals surface area contributed by atoms with E-state index in [1.54, 1.807) is 0 Å². The first-order valence-electron chi connectivity index (χ1n) is 6.39. The highest BCUT2D eigenvalue weighted by molar-refractivity contribution is 5.71. The number of amides is 2. The number of hydrogen-bond acceptors (Lipinski definition) is 4. The van der Waals surface area contributed by atoms with E-state index in [1.165, 1.54) is 25.1 Å². The molecule has 1 aromatic carbocycles. The van der Waals surface area contributed by atoms with Gasteiger partial charge in [0.15, 0.2) is 17.4 Å². The SMILES string of the molecule is CC(C#Cc1ccc(Oc2c(F)cccc2F)o1)N(O)C(N)=O. The maximum absolute atomic E-state index is 13.4. The number of carbonyl (C=O) groups excluding carboxylic acids is 1. The van der Waals surface area contributed by atoms with Crippen molar-refractivity contribution in [3.05, 3.63) is 47.7 Å². The molecule has 2 amide bonds. The molecule has 6 nitrogen and oxygen atoms in total. The first kappa shape index (κ1) is 16.3. The average Bonchev–Trinajstić information content (AvgIpc) is 2.95. The summed E-state index contributed by atoms with van der Waals surface area (Å²) in [5.74, 6) is 2.63. The highest BCUT2D eigenvalue weighted by atomic mass is 19.1. The number of ether oxygens (including phenoxy) is 1. The summed E-state index contributed by atoms with van der Waals surface area (Å²) in [6, 6.07) is 4.10. The van der Waals surface area contributed by atoms with Gasteiger partial charge in [-0.25, -0.2) is 13.6 Å². The molecule has 0 aliphatic carbocycles. The quantitative estimate of drug-likeness (QED) is 0.516. The molecule has 1 atom stereocenters. The van der Waals surface area contributed by atoms with Gasteiger partial charge in [-0.05, 0) is 31.0 Å². The number of nitrogens with two attached hydrogens (primary N) is 1. The van der Waals surface area contributed by atoms with Gasteiger partial charge < -0.3 is 14.9 Å². The third-order valence-electron chi connectivity index (χ3n) is 2.70. The van der Waals surface area contributed by atoms with Crippen molar-refractivity contribution in [2.24, 2.45) is 5.73 Å². The van der Waals surface area contributed by atoms with Crippen LogP contribution in [0.2, 0.25) is 0 Å². The zero-order chi connectivity index (χ0) is 17.0. The van der Waals surface area contributed by atoms with E-state index in [-0.39, 0.29) is 16.8 Å². The molecule has 0 aliphatic rings. The Labute approximate surface area is 130 Å². The lowest BCUT2D eigenvalue weighted by molar-refractivity contribution is -0.0536. The molecule has 0 saturated carbocycles. The van der Waals surface area contributed by atoms with E-state index < -0.39 is 29.5 Å². The summed E-state index contributed by atoms with van der Waals surface area (Å²) in [4.78, 5) is 10.7. The zero-order valence-electron chi connectivity index (χ0n) is 11.9. The number of nitrogens with zero attached hydrogens (tertiary/aromatic N) is 1. The second-order valence-corrected chi connectivity index (χ2v) is 4.40. The minimum absolute atomic E-state index is 0.112. The van der Waals surface area contributed by atoms with Crippen LogP contribution in [0.1, 0.15) is 12.7 Å². The van der Waals surface area contributed by atoms with Crippen LogP contribution in [0.15, 0.2) is 34.7 Å². The Balaban J connectivity index is 2.12. The Morgan fingerprint density at radius 2 is 2.00 bits per heavy atom. The predicted molar refractivity (Wildman–Crippen MR) is 74.7 cm³/mol. The van der Waals surface area contributed by atoms with Gasteiger partial charge in [-0.3, -0.25) is 5.21 Å². The number of urea groups is 1. The maximum atomic E-state index is 13.4. The van der Waals surface area contributed by atoms with Crippen LogP contribution in [-0.4, -0.2) is 22.3 Å². The molecule has 1 unspecified atom stereocenters. The number of primary amides is 1. The highest BCUT2D eigenvalue weighted by Gasteiger charge is 2.14. The van der Waals surface area contributed by atoms with Gasteiger partial charge >= 0.3 is 6.03 Å². The van der Waals surface area contributed by atoms with Gasteiger partial charge in [-0.15, -0.1) is 0 Å². The normalized spacial score (nSPS) is 11.3. The van der Waals surface area contributed by atoms with Crippen LogP contribution in [0.3, 0.4) is 0 Å². The summed E-state index contributed by atoms with van der Waals surface area (Å²) >= 11 is 0. The lowest BCUT2D eigenvalue weighted by atomic mass is 10.3. The van der Waals surface area contributed by atoms with Gasteiger partial charge in [0.2, 0.25) is 5.75 Å². The molecule has 0 fully saturated rings. The molecule has 8 heteroatoms. The van der Waals surface area contributed by atoms with Crippen molar-refractivity contribution in [3.8, 4) is 23.5 Å². The van der Waals surface area contributed by atoms with Crippen molar-refractivity contribution >= 4 is 6.03 Å². The second kappa shape index (κ2) is 6.81. The van der Waals surface area contributed by atoms with E-state index >= 15 is 0 Å². The first-order valence-corrected chi connectivity index (χ1v) is 6.39. The molecule has 0 radical (unpaired) electrons. The molecular weight excluding hydrogens is 310 g/mol. The van der Waals surface area contributed by atoms with E-state index in [1.807, 2.05) is 0 Å². The number of rotatable bonds is 3. The van der Waals surface area contributed by atoms with Crippen molar-refractivity contribution < 1.29 is 27.9 Å². The van der Waals surface area contributed by atoms with Gasteiger partial charge in [0.25, 0.3) is 5.95 Å². The Kier molecular flexibility index (Phi) is 4.83. The number of halogens is 2. The molecule has 3 N–H and O–H groups in total. The van der Waals surface area contributed by atoms with Crippen LogP contribution >= 0.6 is 0 Å². The summed E-state index contributed by atoms with van der Waals surface area (Å²) in [6.07, 6.45) is 0. The Morgan fingerprint density at radius 1 is 1.35 bits per heavy atom. The second-order valence-electron chi connectivity index (χ2n) is 4.40. The average molecular weight is 322 g/mol. The minimum atomic E-state index is -1.05. The number of para-hydroxylation sites is 1. The fraction of sp³-hybridized carbons (Fsp3) is 0.133. The predicted octanol–water partition coefficient (Wildman–Crippen LogP) is 2.86. The van der Waals surface area contributed by atoms with Gasteiger partial charge in [-0.2, -0.15) is 5.06 Å². The molecular formula is C15H12F2N2O4. The largest absolute Gasteiger partial charge is 0.420 e. The van der Waals surface area contributed by atoms with Crippen molar-refractivity contribution in [1.29, 1.82) is 0 Å². The summed E-state index contributed by atoms with van der Waals surface area (Å²) in [5.41, 5.74) is 4.88. The molecule has 0 spiro atoms. The lowest BCUT2D eigenvalue weighted by Gasteiger charge is -2.14. The van der Waals surface area contributed by atoms with Gasteiger partial charge in [0.1, 0.15) is 6.04 Å². The molecule has 0 bridgehead atoms. The Morgan fingerprint density at radius 3 is 2.61 bits per heavy atom. The van der Waals surface area contributed by atoms with E-state index in [4.69, 9.17) is 14.9 Å². The lowest BCUT2D eigenvalue weighted by Crippen LogP contribution is -2.38. The van der Waals surface area contributed by atoms with Gasteiger partial charge in [0, 0.05) is 6.07 Å². The Hall–Kier alpha value is -3.05. The number of hydrogen-bond donors (Lipinski definition) is 2. The maximum Gasteiger partial charge on any atom is 0.339 e. The molecule has 120 valence electrons. The minimum Gasteiger partial charge on any atom is -0.420 e. The highest BCUT2D eigenvalue weighted by Crippen LogP contribution is 2.28. The fourth-order valence-electron chi connectivity index (χ4n) is 1.55. The molecule has 1 aromatic heterocycles. The molecule has 0 aliphatic heterocycles. The van der Waals surface area contributed by atoms with E-state index in [9.17, 15) is 18.8 Å². The smallest absolute Gasteiger partial charge is 0.339 e. The number of benzene rings is 1. The van der Waals surface area contributed by atoms with Crippen LogP contribution in [0.5, 0.6) is 11.7 Å². The Bertz CT molecular complexity index is 759. The molecule has 2 aromatic rings. The summed E-state index contributed by atoms with van der Waals surface area (Å²) in [7, 11) is 0. The van der Waals surface area contributed by atoms with Crippen LogP contribution < -0.4 is 10.5 Å². The van der Waals surface area contributed by atoms with E-state index in [0.717, 1.165) is 12.1 Å². The molecule has 0 saturated heterocycles. The van der Waals surface area contributed by atoms with E-state index in [0.29, 0.717) is 0 Å². The summed E-state index contributed by atoms with van der Waals surface area (Å²) < 4.78 is 37.0. The number of hydroxylamine groups is 2. The van der Waals surface area contributed by atoms with Crippen molar-refractivity contribution in [2.45, 2.75) is 13.0 Å². The van der Waals surface area contributed by atoms with Crippen molar-refractivity contribution in [3.63, 3.8) is 0 Å². The van der Waals surface area contributed by atoms with Crippen LogP contribution in [-0.2, 0) is 0 Å². The molecule has 23 heavy (non-hydrogen) atoms. The third-order valence-corrected chi connectivity index (χ3v) is 2.70.